The van der Waals surface area contributed by atoms with Crippen LogP contribution in [0.1, 0.15) is 42.3 Å². The van der Waals surface area contributed by atoms with E-state index >= 15 is 0 Å². The van der Waals surface area contributed by atoms with Gasteiger partial charge in [0.1, 0.15) is 0 Å². The van der Waals surface area contributed by atoms with Crippen molar-refractivity contribution in [2.75, 3.05) is 36.8 Å². The molecule has 9 heteroatoms. The predicted molar refractivity (Wildman–Crippen MR) is 140 cm³/mol. The predicted octanol–water partition coefficient (Wildman–Crippen LogP) is 5.12. The summed E-state index contributed by atoms with van der Waals surface area (Å²) >= 11 is 1.49. The highest BCUT2D eigenvalue weighted by Gasteiger charge is 2.23. The molecule has 0 radical (unpaired) electrons. The Kier molecular flexibility index (Phi) is 9.43. The van der Waals surface area contributed by atoms with Crippen molar-refractivity contribution in [1.82, 2.24) is 9.88 Å². The minimum atomic E-state index is -3.40. The highest BCUT2D eigenvalue weighted by atomic mass is 35.5. The first-order valence-corrected chi connectivity index (χ1v) is 13.4. The van der Waals surface area contributed by atoms with Crippen LogP contribution in [0.2, 0.25) is 0 Å². The summed E-state index contributed by atoms with van der Waals surface area (Å²) in [5.74, 6) is -0.245. The van der Waals surface area contributed by atoms with Crippen molar-refractivity contribution in [2.24, 2.45) is 0 Å². The number of hydrogen-bond acceptors (Lipinski definition) is 6. The van der Waals surface area contributed by atoms with Gasteiger partial charge in [-0.3, -0.25) is 9.69 Å². The summed E-state index contributed by atoms with van der Waals surface area (Å²) in [4.78, 5) is 22.5. The highest BCUT2D eigenvalue weighted by molar-refractivity contribution is 7.91. The van der Waals surface area contributed by atoms with Crippen molar-refractivity contribution in [3.05, 3.63) is 53.1 Å². The third-order valence-electron chi connectivity index (χ3n) is 5.82. The molecular formula is C24H32ClN3O3S2. The first-order chi connectivity index (χ1) is 15.2. The van der Waals surface area contributed by atoms with Gasteiger partial charge in [-0.1, -0.05) is 38.2 Å². The van der Waals surface area contributed by atoms with Crippen molar-refractivity contribution in [3.63, 3.8) is 0 Å². The monoisotopic (exact) mass is 509 g/mol. The fourth-order valence-electron chi connectivity index (χ4n) is 3.49. The zero-order chi connectivity index (χ0) is 23.5. The van der Waals surface area contributed by atoms with Crippen molar-refractivity contribution in [2.45, 2.75) is 39.5 Å². The lowest BCUT2D eigenvalue weighted by atomic mass is 10.1. The Bertz CT molecular complexity index is 1180. The molecule has 2 aromatic carbocycles. The fourth-order valence-corrected chi connectivity index (χ4v) is 5.49. The first kappa shape index (κ1) is 27.2. The maximum absolute atomic E-state index is 13.6. The molecule has 0 aliphatic rings. The number of rotatable bonds is 9. The van der Waals surface area contributed by atoms with Gasteiger partial charge in [-0.15, -0.1) is 12.4 Å². The van der Waals surface area contributed by atoms with Crippen LogP contribution in [0.3, 0.4) is 0 Å². The van der Waals surface area contributed by atoms with E-state index in [1.54, 1.807) is 30.0 Å². The zero-order valence-corrected chi connectivity index (χ0v) is 22.2. The molecule has 3 rings (SSSR count). The molecule has 0 atom stereocenters. The van der Waals surface area contributed by atoms with Gasteiger partial charge in [-0.2, -0.15) is 0 Å². The third kappa shape index (κ3) is 6.12. The average Bonchev–Trinajstić information content (AvgIpc) is 3.19. The normalized spacial score (nSPS) is 11.6. The van der Waals surface area contributed by atoms with Crippen molar-refractivity contribution in [3.8, 4) is 0 Å². The molecule has 33 heavy (non-hydrogen) atoms. The van der Waals surface area contributed by atoms with E-state index in [1.807, 2.05) is 6.07 Å². The van der Waals surface area contributed by atoms with E-state index in [9.17, 15) is 13.2 Å². The Morgan fingerprint density at radius 1 is 1.00 bits per heavy atom. The topological polar surface area (TPSA) is 70.6 Å². The second kappa shape index (κ2) is 11.4. The van der Waals surface area contributed by atoms with E-state index < -0.39 is 9.84 Å². The lowest BCUT2D eigenvalue weighted by molar-refractivity contribution is 0.0983. The van der Waals surface area contributed by atoms with Gasteiger partial charge >= 0.3 is 0 Å². The number of likely N-dealkylation sites (N-methyl/N-ethyl adjacent to an activating group) is 1. The Morgan fingerprint density at radius 3 is 2.30 bits per heavy atom. The van der Waals surface area contributed by atoms with Crippen LogP contribution < -0.4 is 4.90 Å². The molecule has 6 nitrogen and oxygen atoms in total. The fraction of sp³-hybridized carbons (Fsp3) is 0.417. The van der Waals surface area contributed by atoms with E-state index in [4.69, 9.17) is 4.98 Å². The summed E-state index contributed by atoms with van der Waals surface area (Å²) in [6.45, 7) is 12.9. The van der Waals surface area contributed by atoms with Crippen LogP contribution in [-0.4, -0.2) is 56.1 Å². The molecule has 0 saturated carbocycles. The summed E-state index contributed by atoms with van der Waals surface area (Å²) < 4.78 is 25.7. The van der Waals surface area contributed by atoms with Crippen molar-refractivity contribution in [1.29, 1.82) is 0 Å². The Balaban J connectivity index is 0.00000385. The standard InChI is InChI=1S/C24H31N3O3S2.ClH/c1-6-26(7-2)12-13-27(24-25-21-14-17(4)18(5)15-22(21)31-24)23(28)19-10-9-11-20(16-19)32(29,30)8-3;/h9-11,14-16H,6-8,12-13H2,1-5H3;1H. The van der Waals surface area contributed by atoms with Crippen molar-refractivity contribution < 1.29 is 13.2 Å². The molecule has 0 aliphatic heterocycles. The number of thiazole rings is 1. The Labute approximate surface area is 207 Å². The molecule has 0 saturated heterocycles. The number of nitrogens with zero attached hydrogens (tertiary/aromatic N) is 3. The summed E-state index contributed by atoms with van der Waals surface area (Å²) in [5.41, 5.74) is 3.57. The number of aromatic nitrogens is 1. The van der Waals surface area contributed by atoms with Crippen LogP contribution >= 0.6 is 23.7 Å². The summed E-state index contributed by atoms with van der Waals surface area (Å²) in [7, 11) is -3.40. The summed E-state index contributed by atoms with van der Waals surface area (Å²) in [6.07, 6.45) is 0. The molecule has 0 aliphatic carbocycles. The number of sulfone groups is 1. The van der Waals surface area contributed by atoms with Gasteiger partial charge in [0.25, 0.3) is 5.91 Å². The molecule has 0 spiro atoms. The van der Waals surface area contributed by atoms with Gasteiger partial charge in [-0.05, 0) is 68.4 Å². The molecule has 1 amide bonds. The van der Waals surface area contributed by atoms with Crippen LogP contribution in [0.4, 0.5) is 5.13 Å². The number of benzene rings is 2. The Morgan fingerprint density at radius 2 is 1.67 bits per heavy atom. The molecule has 180 valence electrons. The van der Waals surface area contributed by atoms with Crippen LogP contribution in [-0.2, 0) is 9.84 Å². The van der Waals surface area contributed by atoms with E-state index in [0.29, 0.717) is 23.8 Å². The number of anilines is 1. The average molecular weight is 510 g/mol. The second-order valence-electron chi connectivity index (χ2n) is 7.82. The van der Waals surface area contributed by atoms with E-state index in [-0.39, 0.29) is 29.0 Å². The van der Waals surface area contributed by atoms with Gasteiger partial charge in [0.05, 0.1) is 20.9 Å². The minimum absolute atomic E-state index is 0. The largest absolute Gasteiger partial charge is 0.302 e. The van der Waals surface area contributed by atoms with Crippen LogP contribution in [0, 0.1) is 13.8 Å². The lowest BCUT2D eigenvalue weighted by Gasteiger charge is -2.25. The quantitative estimate of drug-likeness (QED) is 0.400. The smallest absolute Gasteiger partial charge is 0.260 e. The maximum atomic E-state index is 13.6. The number of amides is 1. The number of aryl methyl sites for hydroxylation is 2. The molecule has 0 unspecified atom stereocenters. The van der Waals surface area contributed by atoms with E-state index in [1.165, 1.54) is 23.0 Å². The number of carbonyl (C=O) groups is 1. The van der Waals surface area contributed by atoms with Gasteiger partial charge in [0.2, 0.25) is 0 Å². The van der Waals surface area contributed by atoms with Crippen LogP contribution in [0.15, 0.2) is 41.3 Å². The second-order valence-corrected chi connectivity index (χ2v) is 11.1. The number of halogens is 1. The molecular weight excluding hydrogens is 478 g/mol. The third-order valence-corrected chi connectivity index (χ3v) is 8.60. The molecule has 0 bridgehead atoms. The Hall–Kier alpha value is -2.00. The summed E-state index contributed by atoms with van der Waals surface area (Å²) in [6, 6.07) is 10.5. The van der Waals surface area contributed by atoms with Crippen molar-refractivity contribution >= 4 is 54.8 Å². The SMILES string of the molecule is CCN(CC)CCN(C(=O)c1cccc(S(=O)(=O)CC)c1)c1nc2cc(C)c(C)cc2s1.Cl. The van der Waals surface area contributed by atoms with Gasteiger partial charge in [-0.25, -0.2) is 13.4 Å². The molecule has 1 heterocycles. The van der Waals surface area contributed by atoms with Gasteiger partial charge < -0.3 is 4.90 Å². The maximum Gasteiger partial charge on any atom is 0.260 e. The van der Waals surface area contributed by atoms with Gasteiger partial charge in [0.15, 0.2) is 15.0 Å². The number of fused-ring (bicyclic) bond motifs is 1. The molecule has 3 aromatic rings. The number of hydrogen-bond donors (Lipinski definition) is 0. The zero-order valence-electron chi connectivity index (χ0n) is 19.8. The van der Waals surface area contributed by atoms with E-state index in [2.05, 4.69) is 38.7 Å². The molecule has 0 fully saturated rings. The molecule has 0 N–H and O–H groups in total. The minimum Gasteiger partial charge on any atom is -0.302 e. The van der Waals surface area contributed by atoms with Crippen LogP contribution in [0.25, 0.3) is 10.2 Å². The van der Waals surface area contributed by atoms with Gasteiger partial charge in [0, 0.05) is 18.7 Å². The number of carbonyl (C=O) groups excluding carboxylic acids is 1. The lowest BCUT2D eigenvalue weighted by Crippen LogP contribution is -2.39. The van der Waals surface area contributed by atoms with Crippen LogP contribution in [0.5, 0.6) is 0 Å². The highest BCUT2D eigenvalue weighted by Crippen LogP contribution is 2.31. The molecule has 1 aromatic heterocycles. The summed E-state index contributed by atoms with van der Waals surface area (Å²) in [5, 5.41) is 0.630. The first-order valence-electron chi connectivity index (χ1n) is 10.9. The van der Waals surface area contributed by atoms with E-state index in [0.717, 1.165) is 28.9 Å².